The number of thioether (sulfide) groups is 1. The van der Waals surface area contributed by atoms with Gasteiger partial charge in [0, 0.05) is 5.75 Å². The Hall–Kier alpha value is -2.02. The van der Waals surface area contributed by atoms with Gasteiger partial charge in [-0.3, -0.25) is 0 Å². The molecule has 2 atom stereocenters. The van der Waals surface area contributed by atoms with Crippen LogP contribution in [0.3, 0.4) is 0 Å². The number of aromatic nitrogens is 2. The summed E-state index contributed by atoms with van der Waals surface area (Å²) in [7, 11) is 0. The Balaban J connectivity index is 2.06. The van der Waals surface area contributed by atoms with Crippen molar-refractivity contribution in [2.75, 3.05) is 0 Å². The van der Waals surface area contributed by atoms with Crippen LogP contribution in [0.2, 0.25) is 0 Å². The molecule has 1 aromatic carbocycles. The van der Waals surface area contributed by atoms with Crippen molar-refractivity contribution in [2.45, 2.75) is 70.6 Å². The third-order valence-electron chi connectivity index (χ3n) is 4.19. The molecular weight excluding hydrogens is 362 g/mol. The lowest BCUT2D eigenvalue weighted by atomic mass is 9.99. The summed E-state index contributed by atoms with van der Waals surface area (Å²) in [6.45, 7) is 11.7. The van der Waals surface area contributed by atoms with Crippen LogP contribution in [0.15, 0.2) is 33.9 Å². The largest absolute Gasteiger partial charge is 0.444 e. The van der Waals surface area contributed by atoms with E-state index in [1.807, 2.05) is 39.8 Å². The van der Waals surface area contributed by atoms with Crippen molar-refractivity contribution < 1.29 is 13.9 Å². The van der Waals surface area contributed by atoms with Crippen molar-refractivity contribution in [3.63, 3.8) is 0 Å². The van der Waals surface area contributed by atoms with Crippen molar-refractivity contribution >= 4 is 17.9 Å². The normalized spacial score (nSPS) is 13.9. The summed E-state index contributed by atoms with van der Waals surface area (Å²) in [6, 6.07) is 7.83. The number of nitrogens with one attached hydrogen (secondary N) is 1. The Bertz CT molecular complexity index is 755. The third kappa shape index (κ3) is 6.57. The van der Waals surface area contributed by atoms with E-state index in [-0.39, 0.29) is 12.0 Å². The maximum atomic E-state index is 12.2. The summed E-state index contributed by atoms with van der Waals surface area (Å²) in [5.74, 6) is 1.29. The first-order valence-corrected chi connectivity index (χ1v) is 10.2. The fourth-order valence-corrected chi connectivity index (χ4v) is 3.28. The van der Waals surface area contributed by atoms with E-state index in [1.54, 1.807) is 0 Å². The lowest BCUT2D eigenvalue weighted by Gasteiger charge is -2.24. The Morgan fingerprint density at radius 2 is 2.00 bits per heavy atom. The highest BCUT2D eigenvalue weighted by Crippen LogP contribution is 2.28. The number of benzene rings is 1. The highest BCUT2D eigenvalue weighted by Gasteiger charge is 2.28. The number of aryl methyl sites for hydroxylation is 1. The highest BCUT2D eigenvalue weighted by atomic mass is 32.2. The zero-order valence-corrected chi connectivity index (χ0v) is 17.7. The molecule has 0 saturated heterocycles. The zero-order chi connectivity index (χ0) is 20.0. The molecule has 0 fully saturated rings. The molecule has 1 heterocycles. The second kappa shape index (κ2) is 9.26. The van der Waals surface area contributed by atoms with E-state index >= 15 is 0 Å². The highest BCUT2D eigenvalue weighted by molar-refractivity contribution is 7.98. The number of carbonyl (C=O) groups is 1. The van der Waals surface area contributed by atoms with E-state index in [0.29, 0.717) is 11.1 Å². The van der Waals surface area contributed by atoms with Gasteiger partial charge < -0.3 is 14.5 Å². The monoisotopic (exact) mass is 391 g/mol. The molecule has 0 spiro atoms. The van der Waals surface area contributed by atoms with Crippen molar-refractivity contribution in [3.8, 4) is 0 Å². The molecule has 2 rings (SSSR count). The van der Waals surface area contributed by atoms with E-state index in [4.69, 9.17) is 9.15 Å². The molecule has 0 unspecified atom stereocenters. The van der Waals surface area contributed by atoms with Gasteiger partial charge in [0.25, 0.3) is 5.22 Å². The van der Waals surface area contributed by atoms with Gasteiger partial charge in [-0.2, -0.15) is 0 Å². The van der Waals surface area contributed by atoms with Crippen LogP contribution in [0.1, 0.15) is 64.1 Å². The predicted molar refractivity (Wildman–Crippen MR) is 107 cm³/mol. The Kier molecular flexibility index (Phi) is 7.30. The van der Waals surface area contributed by atoms with Crippen LogP contribution in [0.25, 0.3) is 0 Å². The number of nitrogens with zero attached hydrogens (tertiary/aromatic N) is 2. The van der Waals surface area contributed by atoms with Gasteiger partial charge in [-0.05, 0) is 44.7 Å². The zero-order valence-electron chi connectivity index (χ0n) is 16.9. The summed E-state index contributed by atoms with van der Waals surface area (Å²) in [5, 5.41) is 11.7. The van der Waals surface area contributed by atoms with E-state index in [9.17, 15) is 4.79 Å². The molecule has 0 aliphatic heterocycles. The molecule has 0 aliphatic rings. The van der Waals surface area contributed by atoms with Crippen LogP contribution < -0.4 is 5.32 Å². The number of hydrogen-bond donors (Lipinski definition) is 1. The lowest BCUT2D eigenvalue weighted by molar-refractivity contribution is 0.0474. The SMILES string of the molecule is CC[C@H](C)[C@@H](NC(=O)OC(C)(C)C)c1nnc(SCc2ccccc2C)o1. The topological polar surface area (TPSA) is 77.2 Å². The molecule has 0 radical (unpaired) electrons. The first kappa shape index (κ1) is 21.3. The van der Waals surface area contributed by atoms with E-state index < -0.39 is 11.7 Å². The average Bonchev–Trinajstić information content (AvgIpc) is 3.05. The van der Waals surface area contributed by atoms with Crippen LogP contribution in [-0.2, 0) is 10.5 Å². The molecule has 2 aromatic rings. The minimum Gasteiger partial charge on any atom is -0.444 e. The first-order valence-electron chi connectivity index (χ1n) is 9.19. The number of ether oxygens (including phenoxy) is 1. The summed E-state index contributed by atoms with van der Waals surface area (Å²) < 4.78 is 11.2. The second-order valence-electron chi connectivity index (χ2n) is 7.63. The summed E-state index contributed by atoms with van der Waals surface area (Å²) in [6.07, 6.45) is 0.370. The number of rotatable bonds is 7. The summed E-state index contributed by atoms with van der Waals surface area (Å²) in [5.41, 5.74) is 1.90. The molecule has 0 saturated carbocycles. The predicted octanol–water partition coefficient (Wildman–Crippen LogP) is 5.28. The fourth-order valence-electron chi connectivity index (χ4n) is 2.43. The fraction of sp³-hybridized carbons (Fsp3) is 0.550. The quantitative estimate of drug-likeness (QED) is 0.647. The van der Waals surface area contributed by atoms with Crippen LogP contribution >= 0.6 is 11.8 Å². The number of hydrogen-bond acceptors (Lipinski definition) is 6. The Morgan fingerprint density at radius 3 is 2.63 bits per heavy atom. The summed E-state index contributed by atoms with van der Waals surface area (Å²) in [4.78, 5) is 12.2. The molecule has 1 aromatic heterocycles. The standard InChI is InChI=1S/C20H29N3O3S/c1-7-13(2)16(21-18(24)26-20(4,5)6)17-22-23-19(25-17)27-12-15-11-9-8-10-14(15)3/h8-11,13,16H,7,12H2,1-6H3,(H,21,24)/t13-,16+/m0/s1. The van der Waals surface area contributed by atoms with Crippen LogP contribution in [-0.4, -0.2) is 21.9 Å². The van der Waals surface area contributed by atoms with E-state index in [2.05, 4.69) is 41.5 Å². The van der Waals surface area contributed by atoms with Gasteiger partial charge in [-0.15, -0.1) is 10.2 Å². The molecule has 6 nitrogen and oxygen atoms in total. The molecule has 27 heavy (non-hydrogen) atoms. The third-order valence-corrected chi connectivity index (χ3v) is 5.05. The maximum Gasteiger partial charge on any atom is 0.408 e. The van der Waals surface area contributed by atoms with Gasteiger partial charge in [0.15, 0.2) is 0 Å². The lowest BCUT2D eigenvalue weighted by Crippen LogP contribution is -2.37. The molecule has 1 N–H and O–H groups in total. The van der Waals surface area contributed by atoms with Crippen LogP contribution in [0.4, 0.5) is 4.79 Å². The molecule has 7 heteroatoms. The van der Waals surface area contributed by atoms with Gasteiger partial charge in [-0.25, -0.2) is 4.79 Å². The van der Waals surface area contributed by atoms with Gasteiger partial charge in [0.2, 0.25) is 5.89 Å². The number of carbonyl (C=O) groups excluding carboxylic acids is 1. The average molecular weight is 392 g/mol. The first-order chi connectivity index (χ1) is 12.7. The van der Waals surface area contributed by atoms with E-state index in [0.717, 1.165) is 12.2 Å². The minimum atomic E-state index is -0.562. The summed E-state index contributed by atoms with van der Waals surface area (Å²) >= 11 is 1.49. The molecule has 1 amide bonds. The van der Waals surface area contributed by atoms with Crippen molar-refractivity contribution in [2.24, 2.45) is 5.92 Å². The van der Waals surface area contributed by atoms with Crippen LogP contribution in [0.5, 0.6) is 0 Å². The van der Waals surface area contributed by atoms with Crippen molar-refractivity contribution in [1.29, 1.82) is 0 Å². The minimum absolute atomic E-state index is 0.132. The molecule has 148 valence electrons. The van der Waals surface area contributed by atoms with Gasteiger partial charge in [0.05, 0.1) is 0 Å². The number of amides is 1. The van der Waals surface area contributed by atoms with Gasteiger partial charge in [-0.1, -0.05) is 56.3 Å². The van der Waals surface area contributed by atoms with Gasteiger partial charge in [0.1, 0.15) is 11.6 Å². The van der Waals surface area contributed by atoms with Crippen molar-refractivity contribution in [3.05, 3.63) is 41.3 Å². The number of alkyl carbamates (subject to hydrolysis) is 1. The molecule has 0 bridgehead atoms. The van der Waals surface area contributed by atoms with E-state index in [1.165, 1.54) is 22.9 Å². The Morgan fingerprint density at radius 1 is 1.30 bits per heavy atom. The molecule has 0 aliphatic carbocycles. The smallest absolute Gasteiger partial charge is 0.408 e. The Labute approximate surface area is 165 Å². The second-order valence-corrected chi connectivity index (χ2v) is 8.56. The maximum absolute atomic E-state index is 12.2. The van der Waals surface area contributed by atoms with Gasteiger partial charge >= 0.3 is 6.09 Å². The molecular formula is C20H29N3O3S. The van der Waals surface area contributed by atoms with Crippen molar-refractivity contribution in [1.82, 2.24) is 15.5 Å². The van der Waals surface area contributed by atoms with Crippen LogP contribution in [0, 0.1) is 12.8 Å².